The van der Waals surface area contributed by atoms with Crippen LogP contribution in [0.15, 0.2) is 33.6 Å². The van der Waals surface area contributed by atoms with Gasteiger partial charge in [-0.3, -0.25) is 0 Å². The van der Waals surface area contributed by atoms with Crippen LogP contribution in [0.1, 0.15) is 20.8 Å². The van der Waals surface area contributed by atoms with Gasteiger partial charge in [0.05, 0.1) is 23.6 Å². The van der Waals surface area contributed by atoms with Gasteiger partial charge in [0.15, 0.2) is 0 Å². The van der Waals surface area contributed by atoms with Crippen LogP contribution in [0, 0.1) is 5.41 Å². The maximum Gasteiger partial charge on any atom is 0.407 e. The minimum Gasteiger partial charge on any atom is -0.465 e. The second-order valence-corrected chi connectivity index (χ2v) is 9.80. The van der Waals surface area contributed by atoms with E-state index in [1.165, 1.54) is 15.3 Å². The lowest BCUT2D eigenvalue weighted by Crippen LogP contribution is -2.66. The Bertz CT molecular complexity index is 747. The van der Waals surface area contributed by atoms with Crippen LogP contribution >= 0.6 is 15.9 Å². The van der Waals surface area contributed by atoms with E-state index in [0.29, 0.717) is 4.47 Å². The van der Waals surface area contributed by atoms with E-state index >= 15 is 0 Å². The highest BCUT2D eigenvalue weighted by Gasteiger charge is 2.48. The number of rotatable bonds is 3. The minimum atomic E-state index is -3.89. The van der Waals surface area contributed by atoms with E-state index < -0.39 is 40.2 Å². The fourth-order valence-electron chi connectivity index (χ4n) is 3.41. The third-order valence-corrected chi connectivity index (χ3v) is 7.31. The number of carboxylic acid groups (broad SMARTS) is 1. The van der Waals surface area contributed by atoms with Crippen molar-refractivity contribution in [3.63, 3.8) is 0 Å². The van der Waals surface area contributed by atoms with E-state index in [1.807, 2.05) is 20.8 Å². The lowest BCUT2D eigenvalue weighted by Gasteiger charge is -2.50. The van der Waals surface area contributed by atoms with Gasteiger partial charge < -0.3 is 15.1 Å². The standard InChI is InChI=1S/C16H23BrN2O5S/c1-16(2,3)14-12(10-20)19(9-8-18(14)15(21)22)25(23,24)13-7-5-4-6-11(13)17/h4-7,12,14,20H,8-10H2,1-3H3,(H,21,22)/t12-,14?/m0/s1. The van der Waals surface area contributed by atoms with Gasteiger partial charge in [0.1, 0.15) is 0 Å². The Morgan fingerprint density at radius 2 is 1.88 bits per heavy atom. The highest BCUT2D eigenvalue weighted by atomic mass is 79.9. The van der Waals surface area contributed by atoms with Gasteiger partial charge in [0.25, 0.3) is 0 Å². The topological polar surface area (TPSA) is 98.2 Å². The number of nitrogens with zero attached hydrogens (tertiary/aromatic N) is 2. The molecule has 0 aliphatic carbocycles. The summed E-state index contributed by atoms with van der Waals surface area (Å²) in [6, 6.07) is 4.94. The van der Waals surface area contributed by atoms with Crippen molar-refractivity contribution in [2.24, 2.45) is 5.41 Å². The van der Waals surface area contributed by atoms with Gasteiger partial charge in [-0.2, -0.15) is 4.31 Å². The summed E-state index contributed by atoms with van der Waals surface area (Å²) in [5.41, 5.74) is -0.548. The van der Waals surface area contributed by atoms with Gasteiger partial charge in [-0.05, 0) is 33.5 Å². The Kier molecular flexibility index (Phi) is 5.82. The van der Waals surface area contributed by atoms with E-state index in [-0.39, 0.29) is 18.0 Å². The zero-order valence-electron chi connectivity index (χ0n) is 14.4. The SMILES string of the molecule is CC(C)(C)C1[C@H](CO)N(S(=O)(=O)c2ccccc2Br)CCN1C(=O)O. The van der Waals surface area contributed by atoms with Crippen molar-refractivity contribution < 1.29 is 23.4 Å². The molecule has 140 valence electrons. The van der Waals surface area contributed by atoms with Crippen molar-refractivity contribution in [2.75, 3.05) is 19.7 Å². The van der Waals surface area contributed by atoms with Gasteiger partial charge in [0, 0.05) is 17.6 Å². The first-order chi connectivity index (χ1) is 11.5. The molecule has 1 aromatic rings. The lowest BCUT2D eigenvalue weighted by atomic mass is 9.80. The molecule has 0 spiro atoms. The summed E-state index contributed by atoms with van der Waals surface area (Å²) in [5, 5.41) is 19.4. The molecule has 1 fully saturated rings. The van der Waals surface area contributed by atoms with E-state index in [0.717, 1.165) is 0 Å². The Morgan fingerprint density at radius 3 is 2.36 bits per heavy atom. The summed E-state index contributed by atoms with van der Waals surface area (Å²) >= 11 is 3.26. The number of carbonyl (C=O) groups is 1. The number of piperazine rings is 1. The van der Waals surface area contributed by atoms with E-state index in [1.54, 1.807) is 18.2 Å². The van der Waals surface area contributed by atoms with Crippen LogP contribution in [0.5, 0.6) is 0 Å². The van der Waals surface area contributed by atoms with Crippen molar-refractivity contribution in [1.82, 2.24) is 9.21 Å². The van der Waals surface area contributed by atoms with Crippen LogP contribution in [-0.2, 0) is 10.0 Å². The molecule has 9 heteroatoms. The molecular weight excluding hydrogens is 412 g/mol. The molecule has 2 N–H and O–H groups in total. The zero-order chi connectivity index (χ0) is 19.0. The normalized spacial score (nSPS) is 22.8. The first-order valence-electron chi connectivity index (χ1n) is 7.88. The van der Waals surface area contributed by atoms with Gasteiger partial charge in [-0.1, -0.05) is 32.9 Å². The second kappa shape index (κ2) is 7.22. The van der Waals surface area contributed by atoms with E-state index in [4.69, 9.17) is 0 Å². The average molecular weight is 435 g/mol. The van der Waals surface area contributed by atoms with Crippen LogP contribution in [0.3, 0.4) is 0 Å². The summed E-state index contributed by atoms with van der Waals surface area (Å²) < 4.78 is 27.9. The number of halogens is 1. The molecule has 7 nitrogen and oxygen atoms in total. The first-order valence-corrected chi connectivity index (χ1v) is 10.1. The van der Waals surface area contributed by atoms with Gasteiger partial charge in [-0.15, -0.1) is 0 Å². The molecule has 25 heavy (non-hydrogen) atoms. The Hall–Kier alpha value is -1.16. The van der Waals surface area contributed by atoms with Crippen molar-refractivity contribution in [2.45, 2.75) is 37.8 Å². The molecule has 2 atom stereocenters. The summed E-state index contributed by atoms with van der Waals surface area (Å²) in [6.45, 7) is 5.10. The number of sulfonamides is 1. The predicted molar refractivity (Wildman–Crippen MR) is 96.9 cm³/mol. The Labute approximate surface area is 156 Å². The molecule has 1 unspecified atom stereocenters. The minimum absolute atomic E-state index is 0.00618. The quantitative estimate of drug-likeness (QED) is 0.759. The van der Waals surface area contributed by atoms with E-state index in [9.17, 15) is 23.4 Å². The highest BCUT2D eigenvalue weighted by Crippen LogP contribution is 2.36. The Balaban J connectivity index is 2.52. The molecule has 1 aliphatic rings. The largest absolute Gasteiger partial charge is 0.465 e. The molecule has 2 rings (SSSR count). The van der Waals surface area contributed by atoms with Crippen LogP contribution < -0.4 is 0 Å². The number of hydrogen-bond acceptors (Lipinski definition) is 4. The van der Waals surface area contributed by atoms with Crippen LogP contribution in [0.4, 0.5) is 4.79 Å². The molecular formula is C16H23BrN2O5S. The fraction of sp³-hybridized carbons (Fsp3) is 0.562. The summed E-state index contributed by atoms with van der Waals surface area (Å²) in [5.74, 6) is 0. The van der Waals surface area contributed by atoms with Crippen molar-refractivity contribution in [3.05, 3.63) is 28.7 Å². The summed E-state index contributed by atoms with van der Waals surface area (Å²) in [7, 11) is -3.89. The second-order valence-electron chi connectivity index (χ2n) is 7.08. The molecule has 1 amide bonds. The molecule has 0 saturated carbocycles. The summed E-state index contributed by atoms with van der Waals surface area (Å²) in [6.07, 6.45) is -1.11. The van der Waals surface area contributed by atoms with Gasteiger partial charge in [-0.25, -0.2) is 13.2 Å². The number of aliphatic hydroxyl groups is 1. The van der Waals surface area contributed by atoms with Gasteiger partial charge in [0.2, 0.25) is 10.0 Å². The monoisotopic (exact) mass is 434 g/mol. The molecule has 1 aliphatic heterocycles. The van der Waals surface area contributed by atoms with Crippen LogP contribution in [0.25, 0.3) is 0 Å². The molecule has 1 heterocycles. The number of hydrogen-bond donors (Lipinski definition) is 2. The van der Waals surface area contributed by atoms with Crippen LogP contribution in [-0.4, -0.2) is 65.7 Å². The predicted octanol–water partition coefficient (Wildman–Crippen LogP) is 2.21. The van der Waals surface area contributed by atoms with Crippen molar-refractivity contribution in [1.29, 1.82) is 0 Å². The third kappa shape index (κ3) is 3.84. The molecule has 0 bridgehead atoms. The molecule has 1 saturated heterocycles. The highest BCUT2D eigenvalue weighted by molar-refractivity contribution is 9.10. The number of amides is 1. The Morgan fingerprint density at radius 1 is 1.28 bits per heavy atom. The molecule has 1 aromatic carbocycles. The summed E-state index contributed by atoms with van der Waals surface area (Å²) in [4.78, 5) is 13.0. The van der Waals surface area contributed by atoms with E-state index in [2.05, 4.69) is 15.9 Å². The lowest BCUT2D eigenvalue weighted by molar-refractivity contribution is -0.00908. The zero-order valence-corrected chi connectivity index (χ0v) is 16.8. The number of benzene rings is 1. The van der Waals surface area contributed by atoms with Crippen molar-refractivity contribution in [3.8, 4) is 0 Å². The molecule has 0 radical (unpaired) electrons. The van der Waals surface area contributed by atoms with Gasteiger partial charge >= 0.3 is 6.09 Å². The maximum absolute atomic E-state index is 13.1. The average Bonchev–Trinajstić information content (AvgIpc) is 2.52. The first kappa shape index (κ1) is 20.2. The maximum atomic E-state index is 13.1. The molecule has 0 aromatic heterocycles. The third-order valence-electron chi connectivity index (χ3n) is 4.37. The van der Waals surface area contributed by atoms with Crippen LogP contribution in [0.2, 0.25) is 0 Å². The van der Waals surface area contributed by atoms with Crippen molar-refractivity contribution >= 4 is 32.0 Å². The smallest absolute Gasteiger partial charge is 0.407 e. The number of aliphatic hydroxyl groups excluding tert-OH is 1. The fourth-order valence-corrected chi connectivity index (χ4v) is 5.98.